The number of allylic oxidation sites excluding steroid dienone is 2. The number of fused-ring (bicyclic) bond motifs is 1. The van der Waals surface area contributed by atoms with Gasteiger partial charge in [-0.05, 0) is 47.2 Å². The molecule has 2 heterocycles. The summed E-state index contributed by atoms with van der Waals surface area (Å²) in [6, 6.07) is 17.6. The number of anilines is 1. The molecule has 0 saturated carbocycles. The second kappa shape index (κ2) is 6.70. The predicted octanol–water partition coefficient (Wildman–Crippen LogP) is 5.39. The number of carbonyl (C=O) groups is 1. The lowest BCUT2D eigenvalue weighted by molar-refractivity contribution is -0.113. The van der Waals surface area contributed by atoms with Crippen molar-refractivity contribution in [3.63, 3.8) is 0 Å². The zero-order chi connectivity index (χ0) is 17.2. The Kier molecular flexibility index (Phi) is 4.26. The Morgan fingerprint density at radius 2 is 1.88 bits per heavy atom. The van der Waals surface area contributed by atoms with Gasteiger partial charge in [0.15, 0.2) is 4.32 Å². The molecule has 1 amide bonds. The summed E-state index contributed by atoms with van der Waals surface area (Å²) in [5.41, 5.74) is 0.791. The molecule has 0 N–H and O–H groups in total. The van der Waals surface area contributed by atoms with Crippen LogP contribution in [-0.4, -0.2) is 10.2 Å². The molecule has 0 atom stereocenters. The van der Waals surface area contributed by atoms with Crippen molar-refractivity contribution in [2.75, 3.05) is 4.90 Å². The molecule has 0 aliphatic carbocycles. The van der Waals surface area contributed by atoms with Gasteiger partial charge < -0.3 is 4.42 Å². The fraction of sp³-hybridized carbons (Fsp3) is 0. The molecule has 3 aromatic rings. The van der Waals surface area contributed by atoms with Crippen LogP contribution in [0.1, 0.15) is 5.76 Å². The van der Waals surface area contributed by atoms with Crippen LogP contribution in [-0.2, 0) is 4.79 Å². The summed E-state index contributed by atoms with van der Waals surface area (Å²) in [6.45, 7) is 0. The van der Waals surface area contributed by atoms with Gasteiger partial charge in [-0.15, -0.1) is 0 Å². The smallest absolute Gasteiger partial charge is 0.270 e. The topological polar surface area (TPSA) is 33.5 Å². The molecule has 1 saturated heterocycles. The maximum absolute atomic E-state index is 12.7. The number of furan rings is 1. The Morgan fingerprint density at radius 3 is 2.68 bits per heavy atom. The molecular formula is C20H13NO2S2. The van der Waals surface area contributed by atoms with E-state index in [4.69, 9.17) is 16.6 Å². The average Bonchev–Trinajstić information content (AvgIpc) is 3.23. The van der Waals surface area contributed by atoms with Crippen LogP contribution in [0.5, 0.6) is 0 Å². The van der Waals surface area contributed by atoms with Gasteiger partial charge in [-0.1, -0.05) is 60.4 Å². The fourth-order valence-corrected chi connectivity index (χ4v) is 3.89. The first-order chi connectivity index (χ1) is 12.2. The van der Waals surface area contributed by atoms with Crippen LogP contribution < -0.4 is 4.90 Å². The molecule has 0 spiro atoms. The highest BCUT2D eigenvalue weighted by atomic mass is 32.2. The molecular weight excluding hydrogens is 350 g/mol. The Balaban J connectivity index is 1.62. The number of benzene rings is 2. The van der Waals surface area contributed by atoms with Crippen molar-refractivity contribution in [2.24, 2.45) is 0 Å². The quantitative estimate of drug-likeness (QED) is 0.461. The Labute approximate surface area is 154 Å². The second-order valence-electron chi connectivity index (χ2n) is 5.45. The molecule has 0 unspecified atom stereocenters. The summed E-state index contributed by atoms with van der Waals surface area (Å²) in [5.74, 6) is 0.635. The normalized spacial score (nSPS) is 16.6. The highest BCUT2D eigenvalue weighted by Crippen LogP contribution is 2.36. The van der Waals surface area contributed by atoms with Crippen molar-refractivity contribution in [2.45, 2.75) is 0 Å². The van der Waals surface area contributed by atoms with Gasteiger partial charge in [0.1, 0.15) is 5.76 Å². The van der Waals surface area contributed by atoms with Crippen molar-refractivity contribution < 1.29 is 9.21 Å². The summed E-state index contributed by atoms with van der Waals surface area (Å²) in [6.07, 6.45) is 6.98. The van der Waals surface area contributed by atoms with E-state index >= 15 is 0 Å². The highest BCUT2D eigenvalue weighted by molar-refractivity contribution is 8.27. The fourth-order valence-electron chi connectivity index (χ4n) is 2.64. The Hall–Kier alpha value is -2.63. The maximum atomic E-state index is 12.7. The summed E-state index contributed by atoms with van der Waals surface area (Å²) in [5, 5.41) is 2.21. The van der Waals surface area contributed by atoms with E-state index in [2.05, 4.69) is 0 Å². The van der Waals surface area contributed by atoms with Gasteiger partial charge in [-0.2, -0.15) is 0 Å². The van der Waals surface area contributed by atoms with E-state index in [1.165, 1.54) is 11.8 Å². The standard InChI is InChI=1S/C20H13NO2S2/c22-19-18(9-3-7-17-8-4-12-23-17)25-20(24)21(19)16-11-10-14-5-1-2-6-15(14)13-16/h1-13H/b7-3+,18-9-. The van der Waals surface area contributed by atoms with Crippen LogP contribution >= 0.6 is 24.0 Å². The third-order valence-corrected chi connectivity index (χ3v) is 5.16. The van der Waals surface area contributed by atoms with Gasteiger partial charge in [-0.3, -0.25) is 9.69 Å². The molecule has 122 valence electrons. The van der Waals surface area contributed by atoms with Crippen molar-refractivity contribution in [1.29, 1.82) is 0 Å². The Morgan fingerprint density at radius 1 is 1.04 bits per heavy atom. The minimum atomic E-state index is -0.102. The molecule has 1 aromatic heterocycles. The number of thioether (sulfide) groups is 1. The summed E-state index contributed by atoms with van der Waals surface area (Å²) >= 11 is 6.72. The molecule has 5 heteroatoms. The van der Waals surface area contributed by atoms with Crippen LogP contribution in [0.4, 0.5) is 5.69 Å². The first-order valence-corrected chi connectivity index (χ1v) is 8.92. The number of hydrogen-bond acceptors (Lipinski definition) is 4. The number of hydrogen-bond donors (Lipinski definition) is 0. The minimum absolute atomic E-state index is 0.102. The highest BCUT2D eigenvalue weighted by Gasteiger charge is 2.32. The summed E-state index contributed by atoms with van der Waals surface area (Å²) < 4.78 is 5.77. The molecule has 1 aliphatic heterocycles. The molecule has 1 aliphatic rings. The Bertz CT molecular complexity index is 1020. The van der Waals surface area contributed by atoms with Gasteiger partial charge in [0.2, 0.25) is 0 Å². The van der Waals surface area contributed by atoms with Crippen LogP contribution in [0.15, 0.2) is 82.3 Å². The lowest BCUT2D eigenvalue weighted by Gasteiger charge is -2.15. The molecule has 3 nitrogen and oxygen atoms in total. The largest absolute Gasteiger partial charge is 0.465 e. The van der Waals surface area contributed by atoms with E-state index in [0.717, 1.165) is 22.2 Å². The predicted molar refractivity (Wildman–Crippen MR) is 107 cm³/mol. The van der Waals surface area contributed by atoms with Gasteiger partial charge in [-0.25, -0.2) is 0 Å². The minimum Gasteiger partial charge on any atom is -0.465 e. The number of nitrogens with zero attached hydrogens (tertiary/aromatic N) is 1. The molecule has 0 radical (unpaired) electrons. The zero-order valence-electron chi connectivity index (χ0n) is 13.1. The van der Waals surface area contributed by atoms with Gasteiger partial charge in [0, 0.05) is 0 Å². The average molecular weight is 363 g/mol. The van der Waals surface area contributed by atoms with Crippen molar-refractivity contribution >= 4 is 56.7 Å². The molecule has 0 bridgehead atoms. The maximum Gasteiger partial charge on any atom is 0.270 e. The van der Waals surface area contributed by atoms with Crippen molar-refractivity contribution in [3.8, 4) is 0 Å². The number of thiocarbonyl (C=S) groups is 1. The lowest BCUT2D eigenvalue weighted by Crippen LogP contribution is -2.27. The molecule has 2 aromatic carbocycles. The van der Waals surface area contributed by atoms with E-state index < -0.39 is 0 Å². The van der Waals surface area contributed by atoms with Gasteiger partial charge in [0.05, 0.1) is 16.9 Å². The molecule has 4 rings (SSSR count). The lowest BCUT2D eigenvalue weighted by atomic mass is 10.1. The van der Waals surface area contributed by atoms with Gasteiger partial charge in [0.25, 0.3) is 5.91 Å². The second-order valence-corrected chi connectivity index (χ2v) is 7.12. The molecule has 1 fully saturated rings. The number of carbonyl (C=O) groups excluding carboxylic acids is 1. The third kappa shape index (κ3) is 3.16. The van der Waals surface area contributed by atoms with E-state index in [1.807, 2.05) is 60.7 Å². The van der Waals surface area contributed by atoms with E-state index in [0.29, 0.717) is 9.23 Å². The van der Waals surface area contributed by atoms with Crippen LogP contribution in [0.25, 0.3) is 16.8 Å². The van der Waals surface area contributed by atoms with Crippen LogP contribution in [0.3, 0.4) is 0 Å². The van der Waals surface area contributed by atoms with Crippen molar-refractivity contribution in [1.82, 2.24) is 0 Å². The van der Waals surface area contributed by atoms with E-state index in [-0.39, 0.29) is 5.91 Å². The third-order valence-electron chi connectivity index (χ3n) is 3.84. The van der Waals surface area contributed by atoms with Crippen molar-refractivity contribution in [3.05, 3.63) is 83.7 Å². The van der Waals surface area contributed by atoms with E-state index in [9.17, 15) is 4.79 Å². The first kappa shape index (κ1) is 15.9. The van der Waals surface area contributed by atoms with E-state index in [1.54, 1.807) is 23.3 Å². The van der Waals surface area contributed by atoms with Crippen LogP contribution in [0, 0.1) is 0 Å². The molecule has 25 heavy (non-hydrogen) atoms. The zero-order valence-corrected chi connectivity index (χ0v) is 14.7. The van der Waals surface area contributed by atoms with Crippen LogP contribution in [0.2, 0.25) is 0 Å². The number of rotatable bonds is 3. The summed E-state index contributed by atoms with van der Waals surface area (Å²) in [7, 11) is 0. The van der Waals surface area contributed by atoms with Gasteiger partial charge >= 0.3 is 0 Å². The number of amides is 1. The summed E-state index contributed by atoms with van der Waals surface area (Å²) in [4.78, 5) is 14.9. The first-order valence-electron chi connectivity index (χ1n) is 7.69. The monoisotopic (exact) mass is 363 g/mol. The SMILES string of the molecule is O=C1/C(=C/C=C/c2ccco2)SC(=S)N1c1ccc2ccccc2c1.